The van der Waals surface area contributed by atoms with E-state index in [2.05, 4.69) is 20.0 Å². The summed E-state index contributed by atoms with van der Waals surface area (Å²) in [6, 6.07) is 2.05. The van der Waals surface area contributed by atoms with E-state index in [1.807, 2.05) is 0 Å². The SMILES string of the molecule is CCCCCCCCCCCCCCCCCC[Si](C)(C)CCO[C@@H]1O[C@H](COC(C)=O)[C@@H](OC(C)=O)[C@H](OC(C)=O)[C@H]1OC(C)=O. The summed E-state index contributed by atoms with van der Waals surface area (Å²) in [5, 5.41) is 0. The van der Waals surface area contributed by atoms with Crippen LogP contribution in [0.4, 0.5) is 0 Å². The zero-order chi connectivity index (χ0) is 35.1. The van der Waals surface area contributed by atoms with E-state index >= 15 is 0 Å². The lowest BCUT2D eigenvalue weighted by atomic mass is 9.98. The first-order valence-corrected chi connectivity index (χ1v) is 21.7. The molecule has 274 valence electrons. The first-order valence-electron chi connectivity index (χ1n) is 18.3. The molecule has 1 rings (SSSR count). The summed E-state index contributed by atoms with van der Waals surface area (Å²) in [5.74, 6) is -2.52. The third-order valence-electron chi connectivity index (χ3n) is 8.72. The molecule has 1 fully saturated rings. The van der Waals surface area contributed by atoms with Gasteiger partial charge < -0.3 is 28.4 Å². The van der Waals surface area contributed by atoms with E-state index in [0.29, 0.717) is 6.61 Å². The number of carbonyl (C=O) groups excluding carboxylic acids is 4. The summed E-state index contributed by atoms with van der Waals surface area (Å²) in [4.78, 5) is 47.5. The fourth-order valence-corrected chi connectivity index (χ4v) is 8.18. The van der Waals surface area contributed by atoms with Crippen molar-refractivity contribution in [3.63, 3.8) is 0 Å². The van der Waals surface area contributed by atoms with Gasteiger partial charge in [-0.2, -0.15) is 0 Å². The van der Waals surface area contributed by atoms with Crippen LogP contribution in [0.15, 0.2) is 0 Å². The van der Waals surface area contributed by atoms with Crippen molar-refractivity contribution in [2.75, 3.05) is 13.2 Å². The summed E-state index contributed by atoms with van der Waals surface area (Å²) in [7, 11) is -1.59. The lowest BCUT2D eigenvalue weighted by Gasteiger charge is -2.44. The molecular weight excluding hydrogens is 620 g/mol. The molecule has 0 spiro atoms. The van der Waals surface area contributed by atoms with Crippen LogP contribution in [0.3, 0.4) is 0 Å². The maximum Gasteiger partial charge on any atom is 0.303 e. The van der Waals surface area contributed by atoms with Gasteiger partial charge in [0.05, 0.1) is 0 Å². The van der Waals surface area contributed by atoms with Crippen molar-refractivity contribution in [3.05, 3.63) is 0 Å². The van der Waals surface area contributed by atoms with E-state index < -0.39 is 62.7 Å². The van der Waals surface area contributed by atoms with Crippen LogP contribution in [-0.4, -0.2) is 75.9 Å². The van der Waals surface area contributed by atoms with Crippen LogP contribution >= 0.6 is 0 Å². The van der Waals surface area contributed by atoms with Crippen LogP contribution in [0.25, 0.3) is 0 Å². The molecule has 10 nitrogen and oxygen atoms in total. The fourth-order valence-electron chi connectivity index (χ4n) is 6.05. The number of hydrogen-bond donors (Lipinski definition) is 0. The van der Waals surface area contributed by atoms with Gasteiger partial charge in [0.1, 0.15) is 12.7 Å². The van der Waals surface area contributed by atoms with Gasteiger partial charge in [-0.25, -0.2) is 0 Å². The van der Waals surface area contributed by atoms with Crippen LogP contribution in [0.2, 0.25) is 25.2 Å². The first kappa shape index (κ1) is 43.0. The third kappa shape index (κ3) is 20.9. The van der Waals surface area contributed by atoms with Crippen LogP contribution in [0.1, 0.15) is 137 Å². The van der Waals surface area contributed by atoms with Gasteiger partial charge in [0, 0.05) is 42.4 Å². The molecule has 5 atom stereocenters. The first-order chi connectivity index (χ1) is 22.4. The van der Waals surface area contributed by atoms with E-state index in [4.69, 9.17) is 28.4 Å². The van der Waals surface area contributed by atoms with Crippen molar-refractivity contribution in [3.8, 4) is 0 Å². The lowest BCUT2D eigenvalue weighted by Crippen LogP contribution is -2.63. The van der Waals surface area contributed by atoms with Crippen LogP contribution < -0.4 is 0 Å². The maximum absolute atomic E-state index is 12.0. The van der Waals surface area contributed by atoms with E-state index in [9.17, 15) is 19.2 Å². The summed E-state index contributed by atoms with van der Waals surface area (Å²) < 4.78 is 33.7. The number of carbonyl (C=O) groups is 4. The zero-order valence-electron chi connectivity index (χ0n) is 30.6. The molecule has 11 heteroatoms. The summed E-state index contributed by atoms with van der Waals surface area (Å²) in [5.41, 5.74) is 0. The number of rotatable bonds is 26. The summed E-state index contributed by atoms with van der Waals surface area (Å²) in [6.07, 6.45) is 15.9. The van der Waals surface area contributed by atoms with Gasteiger partial charge in [-0.1, -0.05) is 129 Å². The van der Waals surface area contributed by atoms with Gasteiger partial charge in [-0.3, -0.25) is 19.2 Å². The highest BCUT2D eigenvalue weighted by Crippen LogP contribution is 2.31. The van der Waals surface area contributed by atoms with Crippen molar-refractivity contribution in [1.82, 2.24) is 0 Å². The molecule has 0 aromatic carbocycles. The van der Waals surface area contributed by atoms with E-state index in [1.54, 1.807) is 0 Å². The van der Waals surface area contributed by atoms with E-state index in [-0.39, 0.29) is 6.61 Å². The molecule has 47 heavy (non-hydrogen) atoms. The topological polar surface area (TPSA) is 124 Å². The number of esters is 4. The average Bonchev–Trinajstić information content (AvgIpc) is 2.98. The van der Waals surface area contributed by atoms with E-state index in [1.165, 1.54) is 136 Å². The largest absolute Gasteiger partial charge is 0.463 e. The number of ether oxygens (including phenoxy) is 6. The molecular formula is C36H66O10Si. The molecule has 0 amide bonds. The molecule has 1 heterocycles. The van der Waals surface area contributed by atoms with Crippen LogP contribution in [-0.2, 0) is 47.6 Å². The Morgan fingerprint density at radius 3 is 1.43 bits per heavy atom. The Hall–Kier alpha value is -1.98. The molecule has 0 N–H and O–H groups in total. The Kier molecular flexibility index (Phi) is 22.9. The zero-order valence-corrected chi connectivity index (χ0v) is 31.6. The van der Waals surface area contributed by atoms with Gasteiger partial charge in [0.25, 0.3) is 0 Å². The lowest BCUT2D eigenvalue weighted by molar-refractivity contribution is -0.307. The van der Waals surface area contributed by atoms with Crippen molar-refractivity contribution >= 4 is 32.0 Å². The predicted octanol–water partition coefficient (Wildman–Crippen LogP) is 8.06. The van der Waals surface area contributed by atoms with Gasteiger partial charge in [0.15, 0.2) is 24.6 Å². The maximum atomic E-state index is 12.0. The second-order valence-corrected chi connectivity index (χ2v) is 19.2. The Balaban J connectivity index is 2.49. The molecule has 0 unspecified atom stereocenters. The van der Waals surface area contributed by atoms with E-state index in [0.717, 1.165) is 6.04 Å². The smallest absolute Gasteiger partial charge is 0.303 e. The van der Waals surface area contributed by atoms with Crippen LogP contribution in [0, 0.1) is 0 Å². The predicted molar refractivity (Wildman–Crippen MR) is 185 cm³/mol. The molecule has 0 radical (unpaired) electrons. The molecule has 0 aromatic rings. The van der Waals surface area contributed by atoms with Gasteiger partial charge in [-0.05, 0) is 6.04 Å². The molecule has 0 aromatic heterocycles. The quantitative estimate of drug-likeness (QED) is 0.0382. The van der Waals surface area contributed by atoms with Gasteiger partial charge >= 0.3 is 23.9 Å². The second kappa shape index (κ2) is 25.1. The average molecular weight is 687 g/mol. The Labute approximate surface area is 285 Å². The molecule has 1 aliphatic rings. The van der Waals surface area contributed by atoms with Gasteiger partial charge in [-0.15, -0.1) is 0 Å². The minimum absolute atomic E-state index is 0.267. The fraction of sp³-hybridized carbons (Fsp3) is 0.889. The molecule has 0 bridgehead atoms. The summed E-state index contributed by atoms with van der Waals surface area (Å²) in [6.45, 7) is 11.9. The van der Waals surface area contributed by atoms with Crippen molar-refractivity contribution in [2.45, 2.75) is 193 Å². The Bertz CT molecular complexity index is 895. The Morgan fingerprint density at radius 1 is 0.553 bits per heavy atom. The van der Waals surface area contributed by atoms with Gasteiger partial charge in [0.2, 0.25) is 0 Å². The summed E-state index contributed by atoms with van der Waals surface area (Å²) >= 11 is 0. The monoisotopic (exact) mass is 686 g/mol. The van der Waals surface area contributed by atoms with Crippen LogP contribution in [0.5, 0.6) is 0 Å². The van der Waals surface area contributed by atoms with Crippen molar-refractivity contribution in [2.24, 2.45) is 0 Å². The highest BCUT2D eigenvalue weighted by Gasteiger charge is 2.52. The minimum atomic E-state index is -1.59. The highest BCUT2D eigenvalue weighted by atomic mass is 28.3. The second-order valence-electron chi connectivity index (χ2n) is 13.9. The number of unbranched alkanes of at least 4 members (excludes halogenated alkanes) is 15. The van der Waals surface area contributed by atoms with Crippen molar-refractivity contribution < 1.29 is 47.6 Å². The molecule has 1 aliphatic heterocycles. The molecule has 0 saturated carbocycles. The molecule has 1 saturated heterocycles. The normalized spacial score (nSPS) is 21.2. The standard InChI is InChI=1S/C36H66O10Si/c1-8-9-10-11-12-13-14-15-16-17-18-19-20-21-22-23-25-47(6,7)26-24-41-36-35(45-31(5)40)34(44-30(4)39)33(43-29(3)38)32(46-36)27-42-28(2)37/h32-36H,8-27H2,1-7H3/t32-,33-,34+,35-,36-/m1/s1. The third-order valence-corrected chi connectivity index (χ3v) is 12.0. The highest BCUT2D eigenvalue weighted by molar-refractivity contribution is 6.77. The number of hydrogen-bond acceptors (Lipinski definition) is 10. The van der Waals surface area contributed by atoms with Crippen molar-refractivity contribution in [1.29, 1.82) is 0 Å². The Morgan fingerprint density at radius 2 is 0.979 bits per heavy atom. The minimum Gasteiger partial charge on any atom is -0.463 e. The molecule has 0 aliphatic carbocycles.